The molecule has 1 atom stereocenters. The Balaban J connectivity index is 2.02. The monoisotopic (exact) mass is 301 g/mol. The molecule has 0 amide bonds. The third-order valence-electron chi connectivity index (χ3n) is 3.85. The Morgan fingerprint density at radius 3 is 2.90 bits per heavy atom. The molecule has 0 radical (unpaired) electrons. The number of fused-ring (bicyclic) bond motifs is 1. The first kappa shape index (κ1) is 14.4. The van der Waals surface area contributed by atoms with E-state index in [1.54, 1.807) is 0 Å². The van der Waals surface area contributed by atoms with Crippen molar-refractivity contribution in [1.29, 1.82) is 0 Å². The average Bonchev–Trinajstić information content (AvgIpc) is 2.53. The molecule has 2 aromatic carbocycles. The topological polar surface area (TPSA) is 21.3 Å². The van der Waals surface area contributed by atoms with Crippen molar-refractivity contribution in [3.05, 3.63) is 64.2 Å². The summed E-state index contributed by atoms with van der Waals surface area (Å²) in [4.78, 5) is 0. The lowest BCUT2D eigenvalue weighted by atomic mass is 9.89. The molecule has 0 saturated heterocycles. The van der Waals surface area contributed by atoms with Crippen LogP contribution in [0, 0.1) is 0 Å². The quantitative estimate of drug-likeness (QED) is 0.906. The summed E-state index contributed by atoms with van der Waals surface area (Å²) in [6.45, 7) is 3.81. The van der Waals surface area contributed by atoms with E-state index in [1.165, 1.54) is 11.1 Å². The zero-order valence-corrected chi connectivity index (χ0v) is 13.0. The fraction of sp³-hybridized carbons (Fsp3) is 0.333. The highest BCUT2D eigenvalue weighted by atomic mass is 35.5. The molecule has 0 aliphatic carbocycles. The lowest BCUT2D eigenvalue weighted by Gasteiger charge is -2.28. The zero-order chi connectivity index (χ0) is 14.7. The van der Waals surface area contributed by atoms with Crippen molar-refractivity contribution >= 4 is 11.6 Å². The van der Waals surface area contributed by atoms with Gasteiger partial charge in [0.1, 0.15) is 5.75 Å². The van der Waals surface area contributed by atoms with Crippen molar-refractivity contribution in [3.8, 4) is 5.75 Å². The summed E-state index contributed by atoms with van der Waals surface area (Å²) < 4.78 is 5.91. The summed E-state index contributed by atoms with van der Waals surface area (Å²) in [5.74, 6) is 0.926. The molecule has 3 heteroatoms. The van der Waals surface area contributed by atoms with Gasteiger partial charge in [-0.2, -0.15) is 0 Å². The van der Waals surface area contributed by atoms with E-state index in [2.05, 4.69) is 36.5 Å². The van der Waals surface area contributed by atoms with E-state index >= 15 is 0 Å². The second-order valence-electron chi connectivity index (χ2n) is 5.37. The van der Waals surface area contributed by atoms with Gasteiger partial charge < -0.3 is 10.1 Å². The minimum absolute atomic E-state index is 0.153. The van der Waals surface area contributed by atoms with Crippen LogP contribution in [-0.4, -0.2) is 13.2 Å². The van der Waals surface area contributed by atoms with Crippen molar-refractivity contribution in [3.63, 3.8) is 0 Å². The first-order valence-electron chi connectivity index (χ1n) is 7.53. The van der Waals surface area contributed by atoms with Crippen molar-refractivity contribution in [2.24, 2.45) is 0 Å². The Hall–Kier alpha value is -1.51. The largest absolute Gasteiger partial charge is 0.493 e. The summed E-state index contributed by atoms with van der Waals surface area (Å²) in [5.41, 5.74) is 3.86. The van der Waals surface area contributed by atoms with Crippen LogP contribution < -0.4 is 10.1 Å². The Bertz CT molecular complexity index is 626. The molecular weight excluding hydrogens is 282 g/mol. The molecule has 1 heterocycles. The lowest BCUT2D eigenvalue weighted by Crippen LogP contribution is -2.30. The predicted octanol–water partition coefficient (Wildman–Crippen LogP) is 4.36. The minimum Gasteiger partial charge on any atom is -0.493 e. The average molecular weight is 302 g/mol. The smallest absolute Gasteiger partial charge is 0.124 e. The molecule has 110 valence electrons. The third kappa shape index (κ3) is 3.07. The summed E-state index contributed by atoms with van der Waals surface area (Å²) >= 11 is 6.21. The van der Waals surface area contributed by atoms with E-state index < -0.39 is 0 Å². The second-order valence-corrected chi connectivity index (χ2v) is 5.80. The molecule has 0 saturated carbocycles. The van der Waals surface area contributed by atoms with E-state index in [0.717, 1.165) is 42.3 Å². The summed E-state index contributed by atoms with van der Waals surface area (Å²) in [7, 11) is 0. The summed E-state index contributed by atoms with van der Waals surface area (Å²) in [6.07, 6.45) is 2.06. The molecule has 3 rings (SSSR count). The van der Waals surface area contributed by atoms with Crippen molar-refractivity contribution in [1.82, 2.24) is 5.32 Å². The Labute approximate surface area is 131 Å². The summed E-state index contributed by atoms with van der Waals surface area (Å²) in [5, 5.41) is 4.35. The second kappa shape index (κ2) is 6.50. The molecule has 1 aliphatic rings. The third-order valence-corrected chi connectivity index (χ3v) is 4.09. The first-order valence-corrected chi connectivity index (χ1v) is 7.91. The maximum Gasteiger partial charge on any atom is 0.124 e. The van der Waals surface area contributed by atoms with Gasteiger partial charge in [-0.3, -0.25) is 0 Å². The molecule has 21 heavy (non-hydrogen) atoms. The van der Waals surface area contributed by atoms with E-state index in [4.69, 9.17) is 16.3 Å². The SMILES string of the molecule is CCCOc1ccc(Cl)cc1[C@H]1NCCc2ccccc21. The predicted molar refractivity (Wildman–Crippen MR) is 87.2 cm³/mol. The molecule has 1 N–H and O–H groups in total. The van der Waals surface area contributed by atoms with Gasteiger partial charge in [-0.05, 0) is 42.2 Å². The van der Waals surface area contributed by atoms with Gasteiger partial charge in [0.2, 0.25) is 0 Å². The number of hydrogen-bond acceptors (Lipinski definition) is 2. The molecule has 0 bridgehead atoms. The number of benzene rings is 2. The number of rotatable bonds is 4. The van der Waals surface area contributed by atoms with Gasteiger partial charge >= 0.3 is 0 Å². The highest BCUT2D eigenvalue weighted by Crippen LogP contribution is 2.35. The molecule has 1 aliphatic heterocycles. The standard InChI is InChI=1S/C18H20ClNO/c1-2-11-21-17-8-7-14(19)12-16(17)18-15-6-4-3-5-13(15)9-10-20-18/h3-8,12,18,20H,2,9-11H2,1H3/t18-/m0/s1. The fourth-order valence-corrected chi connectivity index (χ4v) is 3.05. The first-order chi connectivity index (χ1) is 10.3. The van der Waals surface area contributed by atoms with Crippen molar-refractivity contribution < 1.29 is 4.74 Å². The number of hydrogen-bond donors (Lipinski definition) is 1. The van der Waals surface area contributed by atoms with Crippen LogP contribution in [-0.2, 0) is 6.42 Å². The van der Waals surface area contributed by atoms with Crippen LogP contribution in [0.2, 0.25) is 5.02 Å². The Kier molecular flexibility index (Phi) is 4.47. The number of halogens is 1. The fourth-order valence-electron chi connectivity index (χ4n) is 2.87. The normalized spacial score (nSPS) is 17.3. The van der Waals surface area contributed by atoms with Crippen LogP contribution in [0.3, 0.4) is 0 Å². The van der Waals surface area contributed by atoms with E-state index in [-0.39, 0.29) is 6.04 Å². The maximum atomic E-state index is 6.21. The maximum absolute atomic E-state index is 6.21. The highest BCUT2D eigenvalue weighted by molar-refractivity contribution is 6.30. The van der Waals surface area contributed by atoms with Gasteiger partial charge in [0.15, 0.2) is 0 Å². The van der Waals surface area contributed by atoms with Crippen molar-refractivity contribution in [2.45, 2.75) is 25.8 Å². The van der Waals surface area contributed by atoms with Crippen LogP contribution >= 0.6 is 11.6 Å². The molecule has 2 aromatic rings. The van der Waals surface area contributed by atoms with E-state index in [9.17, 15) is 0 Å². The molecule has 0 spiro atoms. The molecule has 0 fully saturated rings. The van der Waals surface area contributed by atoms with Gasteiger partial charge in [-0.15, -0.1) is 0 Å². The molecule has 0 unspecified atom stereocenters. The Morgan fingerprint density at radius 2 is 2.05 bits per heavy atom. The van der Waals surface area contributed by atoms with Gasteiger partial charge in [0.05, 0.1) is 12.6 Å². The van der Waals surface area contributed by atoms with E-state index in [0.29, 0.717) is 0 Å². The van der Waals surface area contributed by atoms with Crippen LogP contribution in [0.4, 0.5) is 0 Å². The lowest BCUT2D eigenvalue weighted by molar-refractivity contribution is 0.311. The van der Waals surface area contributed by atoms with Gasteiger partial charge in [-0.1, -0.05) is 42.8 Å². The highest BCUT2D eigenvalue weighted by Gasteiger charge is 2.23. The van der Waals surface area contributed by atoms with Crippen molar-refractivity contribution in [2.75, 3.05) is 13.2 Å². The van der Waals surface area contributed by atoms with E-state index in [1.807, 2.05) is 18.2 Å². The van der Waals surface area contributed by atoms with Crippen LogP contribution in [0.25, 0.3) is 0 Å². The van der Waals surface area contributed by atoms with Gasteiger partial charge in [0, 0.05) is 17.1 Å². The van der Waals surface area contributed by atoms with Crippen LogP contribution in [0.15, 0.2) is 42.5 Å². The van der Waals surface area contributed by atoms with Crippen LogP contribution in [0.1, 0.15) is 36.1 Å². The Morgan fingerprint density at radius 1 is 1.19 bits per heavy atom. The molecular formula is C18H20ClNO. The number of nitrogens with one attached hydrogen (secondary N) is 1. The zero-order valence-electron chi connectivity index (χ0n) is 12.2. The summed E-state index contributed by atoms with van der Waals surface area (Å²) in [6, 6.07) is 14.6. The number of ether oxygens (including phenoxy) is 1. The molecule has 0 aromatic heterocycles. The molecule has 2 nitrogen and oxygen atoms in total. The van der Waals surface area contributed by atoms with Gasteiger partial charge in [0.25, 0.3) is 0 Å². The minimum atomic E-state index is 0.153. The van der Waals surface area contributed by atoms with Gasteiger partial charge in [-0.25, -0.2) is 0 Å². The van der Waals surface area contributed by atoms with Crippen LogP contribution in [0.5, 0.6) is 5.75 Å².